The van der Waals surface area contributed by atoms with Gasteiger partial charge in [-0.15, -0.1) is 0 Å². The maximum Gasteiger partial charge on any atom is 0.0629 e. The molecule has 180 valence electrons. The Bertz CT molecular complexity index is 1880. The Morgan fingerprint density at radius 2 is 1.26 bits per heavy atom. The number of para-hydroxylation sites is 3. The fraction of sp³-hybridized carbons (Fsp3) is 0.0556. The molecule has 2 heterocycles. The van der Waals surface area contributed by atoms with Crippen LogP contribution in [0.5, 0.6) is 0 Å². The van der Waals surface area contributed by atoms with E-state index in [4.69, 9.17) is 0 Å². The third-order valence-electron chi connectivity index (χ3n) is 8.10. The monoisotopic (exact) mass is 486 g/mol. The van der Waals surface area contributed by atoms with Gasteiger partial charge in [0.05, 0.1) is 22.8 Å². The highest BCUT2D eigenvalue weighted by Gasteiger charge is 2.39. The van der Waals surface area contributed by atoms with Gasteiger partial charge in [-0.1, -0.05) is 109 Å². The summed E-state index contributed by atoms with van der Waals surface area (Å²) in [7, 11) is 0. The van der Waals surface area contributed by atoms with Crippen LogP contribution in [0.3, 0.4) is 0 Å². The normalized spacial score (nSPS) is 17.7. The van der Waals surface area contributed by atoms with Crippen LogP contribution in [-0.4, -0.2) is 10.6 Å². The van der Waals surface area contributed by atoms with Crippen molar-refractivity contribution in [2.24, 2.45) is 0 Å². The quantitative estimate of drug-likeness (QED) is 0.242. The number of hydrogen-bond donors (Lipinski definition) is 0. The molecular weight excluding hydrogens is 460 g/mol. The second kappa shape index (κ2) is 8.36. The minimum Gasteiger partial charge on any atom is -0.333 e. The number of allylic oxidation sites excluding steroid dienone is 2. The van der Waals surface area contributed by atoms with E-state index in [9.17, 15) is 0 Å². The summed E-state index contributed by atoms with van der Waals surface area (Å²) < 4.78 is 2.38. The lowest BCUT2D eigenvalue weighted by Crippen LogP contribution is -2.28. The highest BCUT2D eigenvalue weighted by molar-refractivity contribution is 6.10. The lowest BCUT2D eigenvalue weighted by atomic mass is 9.90. The van der Waals surface area contributed by atoms with Crippen molar-refractivity contribution in [3.05, 3.63) is 151 Å². The van der Waals surface area contributed by atoms with Crippen LogP contribution in [0.2, 0.25) is 0 Å². The van der Waals surface area contributed by atoms with E-state index in [-0.39, 0.29) is 6.04 Å². The van der Waals surface area contributed by atoms with Crippen molar-refractivity contribution in [2.45, 2.75) is 12.0 Å². The van der Waals surface area contributed by atoms with Gasteiger partial charge in [-0.2, -0.15) is 0 Å². The van der Waals surface area contributed by atoms with E-state index in [0.717, 1.165) is 0 Å². The molecule has 2 nitrogen and oxygen atoms in total. The first kappa shape index (κ1) is 21.3. The van der Waals surface area contributed by atoms with Crippen molar-refractivity contribution < 1.29 is 0 Å². The molecule has 0 amide bonds. The van der Waals surface area contributed by atoms with Crippen LogP contribution in [0.1, 0.15) is 11.5 Å². The predicted octanol–water partition coefficient (Wildman–Crippen LogP) is 9.18. The van der Waals surface area contributed by atoms with E-state index >= 15 is 0 Å². The standard InChI is InChI=1S/C36H26N2/c1-3-12-25(13-4-1)28-18-11-19-31-29-16-7-10-21-34(29)38(36(28)31)27-22-23-35-32(24-27)30-17-8-9-20-33(30)37(35)26-14-5-2-6-15-26/h1-24,29,34H. The molecule has 1 aliphatic carbocycles. The van der Waals surface area contributed by atoms with Gasteiger partial charge in [0.1, 0.15) is 0 Å². The topological polar surface area (TPSA) is 8.17 Å². The zero-order valence-corrected chi connectivity index (χ0v) is 20.9. The highest BCUT2D eigenvalue weighted by atomic mass is 15.2. The van der Waals surface area contributed by atoms with Crippen molar-refractivity contribution in [1.29, 1.82) is 0 Å². The largest absolute Gasteiger partial charge is 0.333 e. The molecule has 0 spiro atoms. The summed E-state index contributed by atoms with van der Waals surface area (Å²) in [4.78, 5) is 2.57. The molecule has 0 bridgehead atoms. The number of aromatic nitrogens is 1. The van der Waals surface area contributed by atoms with Gasteiger partial charge in [0.2, 0.25) is 0 Å². The van der Waals surface area contributed by atoms with Crippen molar-refractivity contribution >= 4 is 33.2 Å². The van der Waals surface area contributed by atoms with Gasteiger partial charge >= 0.3 is 0 Å². The Labute approximate surface area is 222 Å². The second-order valence-electron chi connectivity index (χ2n) is 10.2. The third kappa shape index (κ3) is 3.07. The van der Waals surface area contributed by atoms with Crippen molar-refractivity contribution in [3.8, 4) is 16.8 Å². The first-order chi connectivity index (χ1) is 18.9. The lowest BCUT2D eigenvalue weighted by molar-refractivity contribution is 0.745. The van der Waals surface area contributed by atoms with Gasteiger partial charge in [0.15, 0.2) is 0 Å². The summed E-state index contributed by atoms with van der Waals surface area (Å²) in [5, 5.41) is 2.55. The molecule has 2 atom stereocenters. The molecule has 8 rings (SSSR count). The maximum absolute atomic E-state index is 2.57. The third-order valence-corrected chi connectivity index (χ3v) is 8.10. The van der Waals surface area contributed by atoms with Crippen LogP contribution in [0.15, 0.2) is 146 Å². The van der Waals surface area contributed by atoms with Gasteiger partial charge in [-0.05, 0) is 47.5 Å². The number of nitrogens with zero attached hydrogens (tertiary/aromatic N) is 2. The highest BCUT2D eigenvalue weighted by Crippen LogP contribution is 2.52. The van der Waals surface area contributed by atoms with Crippen LogP contribution in [-0.2, 0) is 0 Å². The number of fused-ring (bicyclic) bond motifs is 6. The summed E-state index contributed by atoms with van der Waals surface area (Å²) in [6.45, 7) is 0. The van der Waals surface area contributed by atoms with Crippen molar-refractivity contribution in [2.75, 3.05) is 4.90 Å². The first-order valence-electron chi connectivity index (χ1n) is 13.3. The predicted molar refractivity (Wildman–Crippen MR) is 160 cm³/mol. The molecule has 0 N–H and O–H groups in total. The van der Waals surface area contributed by atoms with Gasteiger partial charge < -0.3 is 9.47 Å². The molecule has 2 aliphatic rings. The molecule has 5 aromatic carbocycles. The summed E-state index contributed by atoms with van der Waals surface area (Å²) in [6, 6.07) is 44.3. The van der Waals surface area contributed by atoms with Gasteiger partial charge in [-0.25, -0.2) is 0 Å². The van der Waals surface area contributed by atoms with Crippen molar-refractivity contribution in [1.82, 2.24) is 4.57 Å². The molecule has 0 radical (unpaired) electrons. The summed E-state index contributed by atoms with van der Waals surface area (Å²) in [5.41, 5.74) is 10.1. The Kier molecular flexibility index (Phi) is 4.68. The summed E-state index contributed by atoms with van der Waals surface area (Å²) in [5.74, 6) is 0.333. The lowest BCUT2D eigenvalue weighted by Gasteiger charge is -2.30. The average molecular weight is 487 g/mol. The molecular formula is C36H26N2. The molecule has 38 heavy (non-hydrogen) atoms. The molecule has 6 aromatic rings. The Balaban J connectivity index is 1.39. The van der Waals surface area contributed by atoms with E-state index in [1.54, 1.807) is 0 Å². The first-order valence-corrected chi connectivity index (χ1v) is 13.3. The van der Waals surface area contributed by atoms with Crippen LogP contribution in [0, 0.1) is 0 Å². The van der Waals surface area contributed by atoms with Crippen LogP contribution >= 0.6 is 0 Å². The van der Waals surface area contributed by atoms with Crippen LogP contribution < -0.4 is 4.90 Å². The smallest absolute Gasteiger partial charge is 0.0629 e. The van der Waals surface area contributed by atoms with Crippen molar-refractivity contribution in [3.63, 3.8) is 0 Å². The number of rotatable bonds is 3. The van der Waals surface area contributed by atoms with Gasteiger partial charge in [0, 0.05) is 33.6 Å². The zero-order valence-electron chi connectivity index (χ0n) is 20.9. The molecule has 0 saturated heterocycles. The molecule has 0 fully saturated rings. The number of hydrogen-bond acceptors (Lipinski definition) is 1. The molecule has 2 heteroatoms. The Hall–Kier alpha value is -4.82. The SMILES string of the molecule is C1=CC2c3cccc(-c4ccccc4)c3N(c3ccc4c(c3)c3ccccc3n4-c3ccccc3)C2C=C1. The fourth-order valence-corrected chi connectivity index (χ4v) is 6.50. The second-order valence-corrected chi connectivity index (χ2v) is 10.2. The molecule has 1 aromatic heterocycles. The van der Waals surface area contributed by atoms with Crippen LogP contribution in [0.25, 0.3) is 38.6 Å². The average Bonchev–Trinajstić information content (AvgIpc) is 3.51. The Morgan fingerprint density at radius 3 is 2.13 bits per heavy atom. The summed E-state index contributed by atoms with van der Waals surface area (Å²) >= 11 is 0. The molecule has 2 unspecified atom stereocenters. The maximum atomic E-state index is 2.57. The minimum atomic E-state index is 0.250. The van der Waals surface area contributed by atoms with Gasteiger partial charge in [0.25, 0.3) is 0 Å². The van der Waals surface area contributed by atoms with E-state index < -0.39 is 0 Å². The Morgan fingerprint density at radius 1 is 0.526 bits per heavy atom. The van der Waals surface area contributed by atoms with E-state index in [2.05, 4.69) is 155 Å². The molecule has 1 aliphatic heterocycles. The summed E-state index contributed by atoms with van der Waals surface area (Å²) in [6.07, 6.45) is 9.11. The minimum absolute atomic E-state index is 0.250. The zero-order chi connectivity index (χ0) is 25.1. The van der Waals surface area contributed by atoms with Gasteiger partial charge in [-0.3, -0.25) is 0 Å². The van der Waals surface area contributed by atoms with E-state index in [1.807, 2.05) is 0 Å². The number of benzene rings is 5. The number of anilines is 2. The molecule has 0 saturated carbocycles. The fourth-order valence-electron chi connectivity index (χ4n) is 6.50. The van der Waals surface area contributed by atoms with Crippen LogP contribution in [0.4, 0.5) is 11.4 Å². The van der Waals surface area contributed by atoms with E-state index in [0.29, 0.717) is 5.92 Å². The van der Waals surface area contributed by atoms with E-state index in [1.165, 1.54) is 55.6 Å².